The van der Waals surface area contributed by atoms with E-state index in [0.29, 0.717) is 18.6 Å². The summed E-state index contributed by atoms with van der Waals surface area (Å²) in [6, 6.07) is 6.23. The first kappa shape index (κ1) is 8.44. The normalized spacial score (nSPS) is 16.2. The van der Waals surface area contributed by atoms with Gasteiger partial charge in [0.25, 0.3) is 0 Å². The monoisotopic (exact) mass is 218 g/mol. The van der Waals surface area contributed by atoms with Crippen molar-refractivity contribution in [3.05, 3.63) is 47.5 Å². The molecule has 3 nitrogen and oxygen atoms in total. The summed E-state index contributed by atoms with van der Waals surface area (Å²) < 4.78 is 22.3. The summed E-state index contributed by atoms with van der Waals surface area (Å²) in [4.78, 5) is 0. The van der Waals surface area contributed by atoms with Crippen LogP contribution in [0, 0.1) is 5.82 Å². The molecule has 0 bridgehead atoms. The van der Waals surface area contributed by atoms with Crippen LogP contribution in [-0.2, 0) is 6.54 Å². The van der Waals surface area contributed by atoms with E-state index >= 15 is 0 Å². The van der Waals surface area contributed by atoms with Gasteiger partial charge in [0.1, 0.15) is 5.82 Å². The number of hydrogen-bond acceptors (Lipinski definition) is 2. The fraction of sp³-hybridized carbons (Fsp3) is 0.333. The van der Waals surface area contributed by atoms with E-state index in [9.17, 15) is 4.39 Å². The molecule has 82 valence electrons. The van der Waals surface area contributed by atoms with Crippen molar-refractivity contribution in [3.8, 4) is 0 Å². The third kappa shape index (κ3) is 1.96. The van der Waals surface area contributed by atoms with Gasteiger partial charge in [-0.25, -0.2) is 9.07 Å². The first-order chi connectivity index (χ1) is 8.24. The van der Waals surface area contributed by atoms with Crippen molar-refractivity contribution in [2.75, 3.05) is 0 Å². The smallest absolute Gasteiger partial charge is 0.123 e. The minimum Gasteiger partial charge on any atom is -0.248 e. The molecule has 4 heteroatoms. The first-order valence-corrected chi connectivity index (χ1v) is 5.38. The zero-order valence-corrected chi connectivity index (χ0v) is 8.73. The molecule has 1 aliphatic carbocycles. The predicted octanol–water partition coefficient (Wildman–Crippen LogP) is 2.34. The number of benzene rings is 1. The summed E-state index contributed by atoms with van der Waals surface area (Å²) in [5, 5.41) is 8.02. The van der Waals surface area contributed by atoms with Crippen LogP contribution >= 0.6 is 0 Å². The van der Waals surface area contributed by atoms with Crippen LogP contribution in [0.15, 0.2) is 30.4 Å². The van der Waals surface area contributed by atoms with E-state index in [0.717, 1.165) is 24.1 Å². The Labute approximate surface area is 94.3 Å². The highest BCUT2D eigenvalue weighted by Crippen LogP contribution is 2.38. The Hall–Kier alpha value is -1.71. The molecule has 0 radical (unpaired) electrons. The van der Waals surface area contributed by atoms with Crippen molar-refractivity contribution in [3.63, 3.8) is 0 Å². The number of rotatable bonds is 3. The van der Waals surface area contributed by atoms with E-state index in [2.05, 4.69) is 10.3 Å². The summed E-state index contributed by atoms with van der Waals surface area (Å²) >= 11 is 0. The molecule has 1 aromatic heterocycles. The van der Waals surface area contributed by atoms with Crippen molar-refractivity contribution in [2.45, 2.75) is 25.3 Å². The molecular weight excluding hydrogens is 205 g/mol. The fourth-order valence-corrected chi connectivity index (χ4v) is 1.64. The topological polar surface area (TPSA) is 30.7 Å². The van der Waals surface area contributed by atoms with Crippen LogP contribution in [0.1, 0.15) is 31.4 Å². The van der Waals surface area contributed by atoms with Gasteiger partial charge in [0.2, 0.25) is 0 Å². The summed E-state index contributed by atoms with van der Waals surface area (Å²) in [6.07, 6.45) is 2.61. The van der Waals surface area contributed by atoms with Crippen LogP contribution in [0.2, 0.25) is 0 Å². The van der Waals surface area contributed by atoms with Gasteiger partial charge in [-0.1, -0.05) is 17.3 Å². The predicted molar refractivity (Wildman–Crippen MR) is 57.5 cm³/mol. The van der Waals surface area contributed by atoms with Crippen LogP contribution < -0.4 is 0 Å². The number of nitrogens with zero attached hydrogens (tertiary/aromatic N) is 3. The van der Waals surface area contributed by atoms with E-state index < -0.39 is 0 Å². The van der Waals surface area contributed by atoms with Crippen molar-refractivity contribution < 1.29 is 5.76 Å². The Morgan fingerprint density at radius 2 is 2.12 bits per heavy atom. The lowest BCUT2D eigenvalue weighted by atomic mass is 10.2. The largest absolute Gasteiger partial charge is 0.248 e. The summed E-state index contributed by atoms with van der Waals surface area (Å²) in [7, 11) is 0. The molecule has 0 amide bonds. The SMILES string of the molecule is [2H]c1c(C2CC2)nnn1Cc1ccc(F)cc1. The Kier molecular flexibility index (Phi) is 1.95. The van der Waals surface area contributed by atoms with Crippen LogP contribution in [0.3, 0.4) is 0 Å². The highest BCUT2D eigenvalue weighted by Gasteiger charge is 2.26. The van der Waals surface area contributed by atoms with Crippen LogP contribution in [-0.4, -0.2) is 15.0 Å². The second-order valence-electron chi connectivity index (χ2n) is 4.14. The second kappa shape index (κ2) is 3.70. The molecule has 1 saturated carbocycles. The number of hydrogen-bond donors (Lipinski definition) is 0. The zero-order chi connectivity index (χ0) is 11.8. The van der Waals surface area contributed by atoms with Crippen LogP contribution in [0.5, 0.6) is 0 Å². The lowest BCUT2D eigenvalue weighted by Gasteiger charge is -1.99. The summed E-state index contributed by atoms with van der Waals surface area (Å²) in [5.41, 5.74) is 1.72. The quantitative estimate of drug-likeness (QED) is 0.791. The molecule has 2 aromatic rings. The maximum absolute atomic E-state index is 12.8. The Bertz CT molecular complexity index is 531. The van der Waals surface area contributed by atoms with Gasteiger partial charge in [-0.2, -0.15) is 0 Å². The molecule has 0 unspecified atom stereocenters. The fourth-order valence-electron chi connectivity index (χ4n) is 1.64. The van der Waals surface area contributed by atoms with E-state index in [1.165, 1.54) is 12.1 Å². The molecule has 0 spiro atoms. The van der Waals surface area contributed by atoms with Gasteiger partial charge in [0.05, 0.1) is 13.6 Å². The van der Waals surface area contributed by atoms with Gasteiger partial charge in [-0.05, 0) is 30.5 Å². The third-order valence-corrected chi connectivity index (χ3v) is 2.71. The summed E-state index contributed by atoms with van der Waals surface area (Å²) in [5.74, 6) is 0.182. The molecule has 1 fully saturated rings. The van der Waals surface area contributed by atoms with E-state index in [1.807, 2.05) is 0 Å². The number of aromatic nitrogens is 3. The van der Waals surface area contributed by atoms with Gasteiger partial charge in [-0.15, -0.1) is 5.10 Å². The minimum atomic E-state index is -0.253. The van der Waals surface area contributed by atoms with Gasteiger partial charge in [-0.3, -0.25) is 0 Å². The Morgan fingerprint density at radius 1 is 1.38 bits per heavy atom. The molecule has 0 saturated heterocycles. The average Bonchev–Trinajstić information content (AvgIpc) is 3.10. The van der Waals surface area contributed by atoms with Gasteiger partial charge in [0, 0.05) is 12.1 Å². The van der Waals surface area contributed by atoms with Crippen LogP contribution in [0.25, 0.3) is 0 Å². The molecule has 0 atom stereocenters. The van der Waals surface area contributed by atoms with Gasteiger partial charge in [0.15, 0.2) is 0 Å². The number of halogens is 1. The molecule has 0 aliphatic heterocycles. The Morgan fingerprint density at radius 3 is 2.81 bits per heavy atom. The molecule has 3 rings (SSSR count). The standard InChI is InChI=1S/C12H12FN3/c13-11-5-1-9(2-6-11)7-16-8-12(14-15-16)10-3-4-10/h1-2,5-6,8,10H,3-4,7H2/i8D. The highest BCUT2D eigenvalue weighted by atomic mass is 19.1. The van der Waals surface area contributed by atoms with Crippen LogP contribution in [0.4, 0.5) is 4.39 Å². The minimum absolute atomic E-state index is 0.253. The van der Waals surface area contributed by atoms with Crippen molar-refractivity contribution >= 4 is 0 Å². The molecule has 16 heavy (non-hydrogen) atoms. The van der Waals surface area contributed by atoms with Crippen molar-refractivity contribution in [2.24, 2.45) is 0 Å². The van der Waals surface area contributed by atoms with Crippen molar-refractivity contribution in [1.29, 1.82) is 0 Å². The zero-order valence-electron chi connectivity index (χ0n) is 9.73. The molecular formula is C12H12FN3. The molecule has 1 aliphatic rings. The van der Waals surface area contributed by atoms with Gasteiger partial charge < -0.3 is 0 Å². The maximum atomic E-state index is 12.8. The third-order valence-electron chi connectivity index (χ3n) is 2.71. The first-order valence-electron chi connectivity index (χ1n) is 5.88. The maximum Gasteiger partial charge on any atom is 0.123 e. The van der Waals surface area contributed by atoms with E-state index in [-0.39, 0.29) is 5.82 Å². The van der Waals surface area contributed by atoms with Gasteiger partial charge >= 0.3 is 0 Å². The lowest BCUT2D eigenvalue weighted by Crippen LogP contribution is -2.00. The lowest BCUT2D eigenvalue weighted by molar-refractivity contribution is 0.621. The summed E-state index contributed by atoms with van der Waals surface area (Å²) in [6.45, 7) is 0.471. The molecule has 1 aromatic carbocycles. The second-order valence-corrected chi connectivity index (χ2v) is 4.14. The highest BCUT2D eigenvalue weighted by molar-refractivity contribution is 5.17. The molecule has 1 heterocycles. The Balaban J connectivity index is 1.82. The van der Waals surface area contributed by atoms with Crippen molar-refractivity contribution in [1.82, 2.24) is 15.0 Å². The van der Waals surface area contributed by atoms with E-state index in [4.69, 9.17) is 1.37 Å². The average molecular weight is 218 g/mol. The van der Waals surface area contributed by atoms with E-state index in [1.54, 1.807) is 16.8 Å². The molecule has 0 N–H and O–H groups in total.